The Balaban J connectivity index is 1.11. The Labute approximate surface area is 422 Å². The van der Waals surface area contributed by atoms with Crippen LogP contribution in [0.2, 0.25) is 5.82 Å². The lowest BCUT2D eigenvalue weighted by Crippen LogP contribution is -2.59. The molecule has 0 spiro atoms. The second-order valence-electron chi connectivity index (χ2n) is 21.4. The third-order valence-electron chi connectivity index (χ3n) is 17.5. The van der Waals surface area contributed by atoms with E-state index in [0.29, 0.717) is 17.8 Å². The van der Waals surface area contributed by atoms with Crippen LogP contribution < -0.4 is 20.7 Å². The first-order valence-corrected chi connectivity index (χ1v) is 26.7. The highest BCUT2D eigenvalue weighted by atomic mass is 15.2. The lowest BCUT2D eigenvalue weighted by atomic mass is 9.29. The van der Waals surface area contributed by atoms with Crippen molar-refractivity contribution in [2.45, 2.75) is 81.9 Å². The van der Waals surface area contributed by atoms with Crippen molar-refractivity contribution in [2.75, 3.05) is 9.80 Å². The zero-order valence-electron chi connectivity index (χ0n) is 41.1. The molecule has 6 aromatic carbocycles. The Kier molecular flexibility index (Phi) is 11.5. The molecule has 7 aliphatic rings. The highest BCUT2D eigenvalue weighted by Crippen LogP contribution is 2.54. The molecule has 6 aromatic rings. The van der Waals surface area contributed by atoms with E-state index in [1.165, 1.54) is 103 Å². The molecule has 0 radical (unpaired) electrons. The van der Waals surface area contributed by atoms with E-state index in [4.69, 9.17) is 0 Å². The Morgan fingerprint density at radius 2 is 1.32 bits per heavy atom. The summed E-state index contributed by atoms with van der Waals surface area (Å²) in [5.74, 6) is 1.87. The van der Waals surface area contributed by atoms with Crippen molar-refractivity contribution in [2.24, 2.45) is 17.8 Å². The van der Waals surface area contributed by atoms with Gasteiger partial charge in [0, 0.05) is 45.5 Å². The van der Waals surface area contributed by atoms with E-state index in [9.17, 15) is 0 Å². The number of benzene rings is 6. The summed E-state index contributed by atoms with van der Waals surface area (Å²) in [5.41, 5.74) is 20.3. The molecule has 6 atom stereocenters. The Bertz CT molecular complexity index is 3220. The van der Waals surface area contributed by atoms with E-state index in [1.54, 1.807) is 0 Å². The molecule has 13 rings (SSSR count). The van der Waals surface area contributed by atoms with Gasteiger partial charge in [0.2, 0.25) is 6.71 Å². The first-order valence-electron chi connectivity index (χ1n) is 26.7. The van der Waals surface area contributed by atoms with Crippen LogP contribution in [0.25, 0.3) is 16.7 Å². The van der Waals surface area contributed by atoms with Crippen LogP contribution in [0.15, 0.2) is 242 Å². The molecule has 0 aromatic heterocycles. The predicted octanol–water partition coefficient (Wildman–Crippen LogP) is 16.1. The molecule has 0 saturated heterocycles. The molecule has 0 N–H and O–H groups in total. The molecule has 6 unspecified atom stereocenters. The molecular weight excluding hydrogens is 856 g/mol. The number of hydrogen-bond donors (Lipinski definition) is 0. The average Bonchev–Trinajstić information content (AvgIpc) is 3.46. The van der Waals surface area contributed by atoms with Gasteiger partial charge in [-0.3, -0.25) is 0 Å². The first kappa shape index (κ1) is 43.9. The second-order valence-corrected chi connectivity index (χ2v) is 21.4. The first-order chi connectivity index (χ1) is 35.1. The van der Waals surface area contributed by atoms with Crippen molar-refractivity contribution >= 4 is 40.3 Å². The number of rotatable bonds is 9. The Morgan fingerprint density at radius 3 is 2.07 bits per heavy atom. The monoisotopic (exact) mass is 919 g/mol. The third-order valence-corrected chi connectivity index (χ3v) is 17.5. The van der Waals surface area contributed by atoms with Gasteiger partial charge in [0.1, 0.15) is 0 Å². The maximum Gasteiger partial charge on any atom is 0.226 e. The summed E-state index contributed by atoms with van der Waals surface area (Å²) in [5, 5.41) is 0. The van der Waals surface area contributed by atoms with Crippen molar-refractivity contribution in [3.8, 4) is 11.1 Å². The molecule has 0 bridgehead atoms. The maximum absolute atomic E-state index is 2.81. The fourth-order valence-electron chi connectivity index (χ4n) is 13.8. The topological polar surface area (TPSA) is 6.48 Å². The molecule has 2 aliphatic heterocycles. The number of allylic oxidation sites excluding steroid dienone is 16. The van der Waals surface area contributed by atoms with Gasteiger partial charge in [-0.2, -0.15) is 0 Å². The minimum absolute atomic E-state index is 0.162. The van der Waals surface area contributed by atoms with Gasteiger partial charge in [-0.15, -0.1) is 0 Å². The summed E-state index contributed by atoms with van der Waals surface area (Å²) in [6.07, 6.45) is 39.5. The van der Waals surface area contributed by atoms with Gasteiger partial charge in [0.05, 0.1) is 0 Å². The maximum atomic E-state index is 2.81. The summed E-state index contributed by atoms with van der Waals surface area (Å²) < 4.78 is 0. The van der Waals surface area contributed by atoms with Crippen molar-refractivity contribution in [1.82, 2.24) is 0 Å². The molecule has 5 aliphatic carbocycles. The lowest BCUT2D eigenvalue weighted by molar-refractivity contribution is 0.372. The number of fused-ring (bicyclic) bond motifs is 4. The fraction of sp³-hybridized carbons (Fsp3) is 0.235. The van der Waals surface area contributed by atoms with Crippen LogP contribution in [0.3, 0.4) is 0 Å². The zero-order chi connectivity index (χ0) is 47.3. The number of hydrogen-bond acceptors (Lipinski definition) is 2. The molecule has 0 amide bonds. The molecule has 0 saturated carbocycles. The van der Waals surface area contributed by atoms with Gasteiger partial charge in [0.25, 0.3) is 0 Å². The van der Waals surface area contributed by atoms with Gasteiger partial charge < -0.3 is 9.80 Å². The molecule has 2 heterocycles. The second kappa shape index (κ2) is 18.6. The van der Waals surface area contributed by atoms with Crippen LogP contribution in [0.1, 0.15) is 92.9 Å². The standard InChI is InChI=1S/C68H63BN2/c1-68(56-32-16-6-17-33-56,57-34-18-7-19-35-57)58-46-65-67-66(47-58)71(60-37-21-31-53(43-60)49-24-10-3-11-25-49)64-45-55(51-28-14-5-15-29-51)39-41-62(64)69(67)61-40-38-54(50-26-12-4-13-27-50)44-63(61)70(65)59-36-20-30-52(42-59)48-22-8-2-9-23-48/h2-6,8-18,20,22-24,26-30,32-34,36,38-39,41,43-47,49,52-53,57,61H,7,19,21,25,31,35,37,40,42H2,1H3. The number of nitrogens with zero attached hydrogens (tertiary/aromatic N) is 2. The normalized spacial score (nSPS) is 23.9. The molecule has 71 heavy (non-hydrogen) atoms. The van der Waals surface area contributed by atoms with Gasteiger partial charge in [0.15, 0.2) is 0 Å². The highest BCUT2D eigenvalue weighted by molar-refractivity contribution is 6.91. The van der Waals surface area contributed by atoms with E-state index in [2.05, 4.69) is 241 Å². The fourth-order valence-corrected chi connectivity index (χ4v) is 13.8. The van der Waals surface area contributed by atoms with E-state index < -0.39 is 0 Å². The average molecular weight is 919 g/mol. The van der Waals surface area contributed by atoms with Crippen LogP contribution in [0.4, 0.5) is 17.1 Å². The summed E-state index contributed by atoms with van der Waals surface area (Å²) in [4.78, 5) is 5.60. The van der Waals surface area contributed by atoms with Gasteiger partial charge in [-0.1, -0.05) is 201 Å². The Morgan fingerprint density at radius 1 is 0.577 bits per heavy atom. The number of anilines is 3. The zero-order valence-corrected chi connectivity index (χ0v) is 41.1. The van der Waals surface area contributed by atoms with Crippen LogP contribution in [-0.4, -0.2) is 6.71 Å². The van der Waals surface area contributed by atoms with Gasteiger partial charge in [-0.05, 0) is 162 Å². The van der Waals surface area contributed by atoms with Crippen molar-refractivity contribution in [3.05, 3.63) is 264 Å². The van der Waals surface area contributed by atoms with Crippen molar-refractivity contribution in [1.29, 1.82) is 0 Å². The summed E-state index contributed by atoms with van der Waals surface area (Å²) in [7, 11) is 0. The van der Waals surface area contributed by atoms with E-state index in [1.807, 2.05) is 0 Å². The SMILES string of the molecule is CC(c1ccccc1)(c1cc2c3c(c1)N(C1=CC(C4C=CC=CC4)CCC1)c1cc(-c4ccccc4)ccc1B3C1CC=C(c3ccccc3)C=C1N2C1=CC=CC(c2ccccc2)C1)C1C=CCCC1. The lowest BCUT2D eigenvalue weighted by Gasteiger charge is -2.51. The van der Waals surface area contributed by atoms with Crippen LogP contribution >= 0.6 is 0 Å². The van der Waals surface area contributed by atoms with Gasteiger partial charge >= 0.3 is 0 Å². The van der Waals surface area contributed by atoms with E-state index >= 15 is 0 Å². The molecular formula is C68H63BN2. The molecule has 2 nitrogen and oxygen atoms in total. The van der Waals surface area contributed by atoms with Crippen molar-refractivity contribution in [3.63, 3.8) is 0 Å². The molecule has 3 heteroatoms. The third kappa shape index (κ3) is 7.81. The predicted molar refractivity (Wildman–Crippen MR) is 301 cm³/mol. The Hall–Kier alpha value is -7.10. The largest absolute Gasteiger partial charge is 0.319 e. The minimum Gasteiger partial charge on any atom is -0.319 e. The van der Waals surface area contributed by atoms with E-state index in [0.717, 1.165) is 38.5 Å². The minimum atomic E-state index is -0.286. The van der Waals surface area contributed by atoms with Crippen molar-refractivity contribution < 1.29 is 0 Å². The van der Waals surface area contributed by atoms with Crippen LogP contribution in [0, 0.1) is 17.8 Å². The smallest absolute Gasteiger partial charge is 0.226 e. The van der Waals surface area contributed by atoms with Gasteiger partial charge in [-0.25, -0.2) is 0 Å². The summed E-state index contributed by atoms with van der Waals surface area (Å²) in [6, 6.07) is 57.8. The molecule has 0 fully saturated rings. The summed E-state index contributed by atoms with van der Waals surface area (Å²) in [6.45, 7) is 2.73. The highest BCUT2D eigenvalue weighted by Gasteiger charge is 2.50. The molecule has 348 valence electrons. The van der Waals surface area contributed by atoms with Crippen LogP contribution in [0.5, 0.6) is 0 Å². The summed E-state index contributed by atoms with van der Waals surface area (Å²) >= 11 is 0. The quantitative estimate of drug-likeness (QED) is 0.105. The van der Waals surface area contributed by atoms with E-state index in [-0.39, 0.29) is 23.9 Å². The van der Waals surface area contributed by atoms with Crippen LogP contribution in [-0.2, 0) is 5.41 Å².